The van der Waals surface area contributed by atoms with Crippen LogP contribution in [0.3, 0.4) is 0 Å². The van der Waals surface area contributed by atoms with Gasteiger partial charge in [-0.25, -0.2) is 0 Å². The zero-order valence-electron chi connectivity index (χ0n) is 14.5. The lowest BCUT2D eigenvalue weighted by Gasteiger charge is -2.24. The minimum Gasteiger partial charge on any atom is -0.481 e. The molecule has 1 aromatic carbocycles. The summed E-state index contributed by atoms with van der Waals surface area (Å²) in [6.07, 6.45) is 3.24. The molecule has 1 aliphatic carbocycles. The van der Waals surface area contributed by atoms with Gasteiger partial charge < -0.3 is 9.84 Å². The number of carboxylic acid groups (broad SMARTS) is 1. The number of aliphatic carboxylic acids is 1. The van der Waals surface area contributed by atoms with Gasteiger partial charge in [-0.3, -0.25) is 25.2 Å². The van der Waals surface area contributed by atoms with Crippen molar-refractivity contribution in [1.82, 2.24) is 10.9 Å². The van der Waals surface area contributed by atoms with Gasteiger partial charge in [0.05, 0.1) is 11.8 Å². The highest BCUT2D eigenvalue weighted by Crippen LogP contribution is 2.26. The minimum absolute atomic E-state index is 0.288. The van der Waals surface area contributed by atoms with E-state index >= 15 is 0 Å². The number of rotatable bonds is 5. The van der Waals surface area contributed by atoms with Crippen molar-refractivity contribution >= 4 is 29.4 Å². The molecule has 3 atom stereocenters. The molecule has 8 heteroatoms. The molecule has 3 N–H and O–H groups in total. The third-order valence-corrected chi connectivity index (χ3v) is 4.44. The first-order valence-corrected chi connectivity index (χ1v) is 8.57. The van der Waals surface area contributed by atoms with Crippen LogP contribution in [0.1, 0.15) is 25.3 Å². The molecule has 0 radical (unpaired) electrons. The van der Waals surface area contributed by atoms with E-state index in [9.17, 15) is 19.5 Å². The molecule has 0 bridgehead atoms. The lowest BCUT2D eigenvalue weighted by molar-refractivity contribution is -0.147. The summed E-state index contributed by atoms with van der Waals surface area (Å²) in [4.78, 5) is 35.6. The molecule has 0 unspecified atom stereocenters. The fourth-order valence-corrected chi connectivity index (χ4v) is 2.91. The average molecular weight is 381 g/mol. The number of hydrogen-bond donors (Lipinski definition) is 3. The first-order valence-electron chi connectivity index (χ1n) is 8.20. The van der Waals surface area contributed by atoms with Crippen molar-refractivity contribution in [2.75, 3.05) is 0 Å². The van der Waals surface area contributed by atoms with Crippen LogP contribution >= 0.6 is 11.6 Å². The lowest BCUT2D eigenvalue weighted by Crippen LogP contribution is -2.50. The minimum atomic E-state index is -1.03. The summed E-state index contributed by atoms with van der Waals surface area (Å²) < 4.78 is 5.57. The van der Waals surface area contributed by atoms with Crippen molar-refractivity contribution in [1.29, 1.82) is 0 Å². The van der Waals surface area contributed by atoms with Gasteiger partial charge in [0.25, 0.3) is 5.91 Å². The first kappa shape index (κ1) is 19.8. The molecular formula is C18H21ClN2O5. The van der Waals surface area contributed by atoms with Crippen LogP contribution < -0.4 is 15.6 Å². The predicted molar refractivity (Wildman–Crippen MR) is 95.6 cm³/mol. The molecule has 0 aromatic heterocycles. The van der Waals surface area contributed by atoms with E-state index < -0.39 is 35.7 Å². The maximum absolute atomic E-state index is 12.2. The first-order chi connectivity index (χ1) is 12.3. The Bertz CT molecular complexity index is 734. The highest BCUT2D eigenvalue weighted by Gasteiger charge is 2.34. The Morgan fingerprint density at radius 2 is 1.85 bits per heavy atom. The van der Waals surface area contributed by atoms with Crippen LogP contribution in [0.2, 0.25) is 5.02 Å². The maximum Gasteiger partial charge on any atom is 0.307 e. The third kappa shape index (κ3) is 4.98. The monoisotopic (exact) mass is 380 g/mol. The highest BCUT2D eigenvalue weighted by atomic mass is 35.5. The molecular weight excluding hydrogens is 360 g/mol. The van der Waals surface area contributed by atoms with Crippen LogP contribution in [-0.4, -0.2) is 29.0 Å². The normalized spacial score (nSPS) is 20.1. The van der Waals surface area contributed by atoms with Crippen molar-refractivity contribution in [2.45, 2.75) is 32.8 Å². The van der Waals surface area contributed by atoms with E-state index in [1.54, 1.807) is 44.2 Å². The smallest absolute Gasteiger partial charge is 0.307 e. The molecule has 0 saturated carbocycles. The molecule has 7 nitrogen and oxygen atoms in total. The molecule has 0 spiro atoms. The van der Waals surface area contributed by atoms with Crippen LogP contribution in [0.4, 0.5) is 0 Å². The summed E-state index contributed by atoms with van der Waals surface area (Å²) in [5, 5.41) is 9.77. The van der Waals surface area contributed by atoms with Gasteiger partial charge in [0.2, 0.25) is 5.91 Å². The topological polar surface area (TPSA) is 105 Å². The van der Waals surface area contributed by atoms with E-state index in [2.05, 4.69) is 10.9 Å². The summed E-state index contributed by atoms with van der Waals surface area (Å²) in [5.74, 6) is -3.15. The van der Waals surface area contributed by atoms with Gasteiger partial charge in [-0.1, -0.05) is 23.8 Å². The third-order valence-electron chi connectivity index (χ3n) is 4.21. The van der Waals surface area contributed by atoms with Crippen molar-refractivity contribution in [2.24, 2.45) is 11.8 Å². The molecule has 0 saturated heterocycles. The van der Waals surface area contributed by atoms with Crippen molar-refractivity contribution in [3.63, 3.8) is 0 Å². The maximum atomic E-state index is 12.2. The highest BCUT2D eigenvalue weighted by molar-refractivity contribution is 6.30. The Kier molecular flexibility index (Phi) is 6.63. The number of hydrogen-bond acceptors (Lipinski definition) is 4. The van der Waals surface area contributed by atoms with Gasteiger partial charge >= 0.3 is 5.97 Å². The summed E-state index contributed by atoms with van der Waals surface area (Å²) in [6.45, 7) is 3.34. The quantitative estimate of drug-likeness (QED) is 0.536. The van der Waals surface area contributed by atoms with Crippen LogP contribution in [0.25, 0.3) is 0 Å². The predicted octanol–water partition coefficient (Wildman–Crippen LogP) is 2.23. The molecule has 1 aromatic rings. The van der Waals surface area contributed by atoms with Gasteiger partial charge in [-0.05, 0) is 50.5 Å². The Balaban J connectivity index is 1.89. The fourth-order valence-electron chi connectivity index (χ4n) is 2.68. The van der Waals surface area contributed by atoms with E-state index in [4.69, 9.17) is 16.3 Å². The van der Waals surface area contributed by atoms with Gasteiger partial charge in [0, 0.05) is 5.02 Å². The molecule has 1 aliphatic rings. The molecule has 0 fully saturated rings. The van der Waals surface area contributed by atoms with Gasteiger partial charge in [0.1, 0.15) is 5.75 Å². The number of halogens is 1. The van der Waals surface area contributed by atoms with Gasteiger partial charge in [0.15, 0.2) is 6.10 Å². The van der Waals surface area contributed by atoms with E-state index in [1.165, 1.54) is 0 Å². The van der Waals surface area contributed by atoms with Crippen molar-refractivity contribution in [3.8, 4) is 5.75 Å². The molecule has 0 aliphatic heterocycles. The molecule has 140 valence electrons. The number of allylic oxidation sites excluding steroid dienone is 2. The van der Waals surface area contributed by atoms with E-state index in [0.717, 1.165) is 5.56 Å². The fraction of sp³-hybridized carbons (Fsp3) is 0.389. The van der Waals surface area contributed by atoms with Crippen LogP contribution in [0.5, 0.6) is 5.75 Å². The number of amides is 2. The molecule has 26 heavy (non-hydrogen) atoms. The number of ether oxygens (including phenoxy) is 1. The standard InChI is InChI=1S/C18H21ClN2O5/c1-10-9-12(19)7-8-15(10)26-11(2)16(22)20-21-17(23)13-5-3-4-6-14(13)18(24)25/h3-4,7-9,11,13-14H,5-6H2,1-2H3,(H,20,22)(H,21,23)(H,24,25)/t11-,13-,14-/m0/s1. The Morgan fingerprint density at radius 1 is 1.19 bits per heavy atom. The number of carboxylic acids is 1. The average Bonchev–Trinajstić information content (AvgIpc) is 2.61. The second kappa shape index (κ2) is 8.71. The Labute approximate surface area is 156 Å². The van der Waals surface area contributed by atoms with Crippen LogP contribution in [0, 0.1) is 18.8 Å². The van der Waals surface area contributed by atoms with Crippen LogP contribution in [-0.2, 0) is 14.4 Å². The Morgan fingerprint density at radius 3 is 2.46 bits per heavy atom. The molecule has 2 rings (SSSR count). The summed E-state index contributed by atoms with van der Waals surface area (Å²) >= 11 is 5.88. The zero-order chi connectivity index (χ0) is 19.3. The number of aryl methyl sites for hydroxylation is 1. The summed E-state index contributed by atoms with van der Waals surface area (Å²) in [7, 11) is 0. The van der Waals surface area contributed by atoms with Gasteiger partial charge in [-0.2, -0.15) is 0 Å². The van der Waals surface area contributed by atoms with E-state index in [0.29, 0.717) is 17.2 Å². The van der Waals surface area contributed by atoms with Crippen LogP contribution in [0.15, 0.2) is 30.4 Å². The SMILES string of the molecule is Cc1cc(Cl)ccc1O[C@@H](C)C(=O)NNC(=O)[C@H]1CC=CC[C@@H]1C(=O)O. The van der Waals surface area contributed by atoms with E-state index in [-0.39, 0.29) is 6.42 Å². The number of benzene rings is 1. The van der Waals surface area contributed by atoms with Crippen molar-refractivity contribution in [3.05, 3.63) is 40.9 Å². The lowest BCUT2D eigenvalue weighted by atomic mass is 9.82. The molecule has 2 amide bonds. The zero-order valence-corrected chi connectivity index (χ0v) is 15.2. The number of carbonyl (C=O) groups excluding carboxylic acids is 2. The summed E-state index contributed by atoms with van der Waals surface area (Å²) in [6, 6.07) is 5.02. The second-order valence-corrected chi connectivity index (χ2v) is 6.58. The Hall–Kier alpha value is -2.54. The molecule has 0 heterocycles. The number of carbonyl (C=O) groups is 3. The van der Waals surface area contributed by atoms with Crippen molar-refractivity contribution < 1.29 is 24.2 Å². The number of hydrazine groups is 1. The second-order valence-electron chi connectivity index (χ2n) is 6.14. The van der Waals surface area contributed by atoms with Gasteiger partial charge in [-0.15, -0.1) is 0 Å². The number of nitrogens with one attached hydrogen (secondary N) is 2. The van der Waals surface area contributed by atoms with E-state index in [1.807, 2.05) is 0 Å². The summed E-state index contributed by atoms with van der Waals surface area (Å²) in [5.41, 5.74) is 5.35. The largest absolute Gasteiger partial charge is 0.481 e.